The quantitative estimate of drug-likeness (QED) is 0.601. The lowest BCUT2D eigenvalue weighted by atomic mass is 10.1. The molecule has 0 bridgehead atoms. The van der Waals surface area contributed by atoms with Crippen molar-refractivity contribution in [3.8, 4) is 0 Å². The van der Waals surface area contributed by atoms with Crippen LogP contribution in [0.25, 0.3) is 0 Å². The fourth-order valence-corrected chi connectivity index (χ4v) is 3.27. The van der Waals surface area contributed by atoms with Crippen molar-refractivity contribution in [1.82, 2.24) is 4.90 Å². The SMILES string of the molecule is O=C(c1ccc(Cl)c([N+](=O)[O-])c1)N1CCS(=O)(=O)CC1. The normalized spacial score (nSPS) is 17.8. The molecule has 108 valence electrons. The number of hydrogen-bond donors (Lipinski definition) is 0. The van der Waals surface area contributed by atoms with Crippen molar-refractivity contribution < 1.29 is 18.1 Å². The molecule has 1 aliphatic rings. The molecule has 9 heteroatoms. The first-order chi connectivity index (χ1) is 9.30. The molecule has 0 spiro atoms. The topological polar surface area (TPSA) is 97.6 Å². The number of halogens is 1. The summed E-state index contributed by atoms with van der Waals surface area (Å²) >= 11 is 5.67. The summed E-state index contributed by atoms with van der Waals surface area (Å²) in [5.74, 6) is -0.609. The molecule has 0 atom stereocenters. The van der Waals surface area contributed by atoms with Gasteiger partial charge in [0.1, 0.15) is 5.02 Å². The van der Waals surface area contributed by atoms with Gasteiger partial charge in [-0.05, 0) is 12.1 Å². The Hall–Kier alpha value is -1.67. The van der Waals surface area contributed by atoms with Gasteiger partial charge in [-0.15, -0.1) is 0 Å². The van der Waals surface area contributed by atoms with Gasteiger partial charge in [0, 0.05) is 24.7 Å². The van der Waals surface area contributed by atoms with E-state index in [0.717, 1.165) is 6.07 Å². The smallest absolute Gasteiger partial charge is 0.288 e. The highest BCUT2D eigenvalue weighted by atomic mass is 35.5. The Bertz CT molecular complexity index is 659. The third-order valence-electron chi connectivity index (χ3n) is 3.02. The minimum absolute atomic E-state index is 0.0484. The van der Waals surface area contributed by atoms with Crippen LogP contribution < -0.4 is 0 Å². The summed E-state index contributed by atoms with van der Waals surface area (Å²) in [6.45, 7) is 0.190. The van der Waals surface area contributed by atoms with Crippen LogP contribution >= 0.6 is 11.6 Å². The maximum atomic E-state index is 12.2. The fraction of sp³-hybridized carbons (Fsp3) is 0.364. The third kappa shape index (κ3) is 3.07. The van der Waals surface area contributed by atoms with Crippen molar-refractivity contribution in [2.45, 2.75) is 0 Å². The van der Waals surface area contributed by atoms with E-state index >= 15 is 0 Å². The lowest BCUT2D eigenvalue weighted by Gasteiger charge is -2.26. The molecule has 0 aromatic heterocycles. The molecule has 0 aliphatic carbocycles. The molecular weight excluding hydrogens is 308 g/mol. The maximum absolute atomic E-state index is 12.2. The minimum atomic E-state index is -3.08. The van der Waals surface area contributed by atoms with E-state index in [0.29, 0.717) is 0 Å². The van der Waals surface area contributed by atoms with Gasteiger partial charge in [-0.25, -0.2) is 8.42 Å². The Kier molecular flexibility index (Phi) is 3.96. The second-order valence-corrected chi connectivity index (χ2v) is 7.08. The van der Waals surface area contributed by atoms with Crippen LogP contribution in [0, 0.1) is 10.1 Å². The molecule has 1 aliphatic heterocycles. The molecule has 0 unspecified atom stereocenters. The summed E-state index contributed by atoms with van der Waals surface area (Å²) in [4.78, 5) is 23.6. The van der Waals surface area contributed by atoms with Gasteiger partial charge in [-0.1, -0.05) is 11.6 Å². The molecule has 0 N–H and O–H groups in total. The Morgan fingerprint density at radius 2 is 1.90 bits per heavy atom. The number of nitro groups is 1. The van der Waals surface area contributed by atoms with Crippen molar-refractivity contribution in [3.63, 3.8) is 0 Å². The summed E-state index contributed by atoms with van der Waals surface area (Å²) < 4.78 is 22.6. The zero-order valence-electron chi connectivity index (χ0n) is 10.3. The van der Waals surface area contributed by atoms with Gasteiger partial charge in [-0.3, -0.25) is 14.9 Å². The Balaban J connectivity index is 2.22. The summed E-state index contributed by atoms with van der Waals surface area (Å²) in [7, 11) is -3.08. The number of rotatable bonds is 2. The predicted molar refractivity (Wildman–Crippen MR) is 72.7 cm³/mol. The lowest BCUT2D eigenvalue weighted by molar-refractivity contribution is -0.384. The Labute approximate surface area is 120 Å². The molecule has 1 saturated heterocycles. The highest BCUT2D eigenvalue weighted by Crippen LogP contribution is 2.25. The lowest BCUT2D eigenvalue weighted by Crippen LogP contribution is -2.43. The monoisotopic (exact) mass is 318 g/mol. The number of amides is 1. The molecule has 1 aromatic carbocycles. The van der Waals surface area contributed by atoms with E-state index in [1.165, 1.54) is 17.0 Å². The zero-order valence-corrected chi connectivity index (χ0v) is 11.9. The largest absolute Gasteiger partial charge is 0.337 e. The average molecular weight is 319 g/mol. The zero-order chi connectivity index (χ0) is 14.9. The van der Waals surface area contributed by atoms with Crippen LogP contribution in [0.15, 0.2) is 18.2 Å². The molecular formula is C11H11ClN2O5S. The number of hydrogen-bond acceptors (Lipinski definition) is 5. The molecule has 0 radical (unpaired) electrons. The van der Waals surface area contributed by atoms with Gasteiger partial charge in [0.25, 0.3) is 11.6 Å². The van der Waals surface area contributed by atoms with E-state index in [2.05, 4.69) is 0 Å². The van der Waals surface area contributed by atoms with Crippen LogP contribution in [0.3, 0.4) is 0 Å². The highest BCUT2D eigenvalue weighted by Gasteiger charge is 2.27. The summed E-state index contributed by atoms with van der Waals surface area (Å²) in [5.41, 5.74) is -0.220. The fourth-order valence-electron chi connectivity index (χ4n) is 1.88. The van der Waals surface area contributed by atoms with E-state index < -0.39 is 20.7 Å². The van der Waals surface area contributed by atoms with Crippen LogP contribution in [-0.4, -0.2) is 48.7 Å². The predicted octanol–water partition coefficient (Wildman–Crippen LogP) is 1.12. The van der Waals surface area contributed by atoms with Crippen molar-refractivity contribution in [2.75, 3.05) is 24.6 Å². The highest BCUT2D eigenvalue weighted by molar-refractivity contribution is 7.91. The molecule has 0 saturated carbocycles. The molecule has 20 heavy (non-hydrogen) atoms. The molecule has 7 nitrogen and oxygen atoms in total. The van der Waals surface area contributed by atoms with Crippen molar-refractivity contribution >= 4 is 33.0 Å². The molecule has 1 heterocycles. The van der Waals surface area contributed by atoms with Crippen LogP contribution in [0.5, 0.6) is 0 Å². The van der Waals surface area contributed by atoms with E-state index in [1.807, 2.05) is 0 Å². The van der Waals surface area contributed by atoms with E-state index in [9.17, 15) is 23.3 Å². The number of sulfone groups is 1. The standard InChI is InChI=1S/C11H11ClN2O5S/c12-9-2-1-8(7-10(9)14(16)17)11(15)13-3-5-20(18,19)6-4-13/h1-2,7H,3-6H2. The number of nitrogens with zero attached hydrogens (tertiary/aromatic N) is 2. The van der Waals surface area contributed by atoms with Crippen LogP contribution in [0.1, 0.15) is 10.4 Å². The summed E-state index contributed by atoms with van der Waals surface area (Å²) in [6.07, 6.45) is 0. The first kappa shape index (κ1) is 14.7. The van der Waals surface area contributed by atoms with Crippen LogP contribution in [-0.2, 0) is 9.84 Å². The number of benzene rings is 1. The van der Waals surface area contributed by atoms with Gasteiger partial charge < -0.3 is 4.90 Å². The first-order valence-corrected chi connectivity index (χ1v) is 7.94. The number of nitro benzene ring substituents is 1. The Morgan fingerprint density at radius 1 is 1.30 bits per heavy atom. The van der Waals surface area contributed by atoms with Gasteiger partial charge >= 0.3 is 0 Å². The second-order valence-electron chi connectivity index (χ2n) is 4.37. The first-order valence-electron chi connectivity index (χ1n) is 5.74. The second kappa shape index (κ2) is 5.37. The third-order valence-corrected chi connectivity index (χ3v) is 4.95. The van der Waals surface area contributed by atoms with E-state index in [-0.39, 0.29) is 40.9 Å². The maximum Gasteiger partial charge on any atom is 0.288 e. The molecule has 1 amide bonds. The van der Waals surface area contributed by atoms with Gasteiger partial charge in [0.05, 0.1) is 16.4 Å². The van der Waals surface area contributed by atoms with Gasteiger partial charge in [0.15, 0.2) is 9.84 Å². The summed E-state index contributed by atoms with van der Waals surface area (Å²) in [6, 6.07) is 3.78. The number of carbonyl (C=O) groups excluding carboxylic acids is 1. The molecule has 1 fully saturated rings. The van der Waals surface area contributed by atoms with Crippen LogP contribution in [0.4, 0.5) is 5.69 Å². The minimum Gasteiger partial charge on any atom is -0.337 e. The van der Waals surface area contributed by atoms with Crippen molar-refractivity contribution in [1.29, 1.82) is 0 Å². The van der Waals surface area contributed by atoms with Crippen molar-refractivity contribution in [2.24, 2.45) is 0 Å². The van der Waals surface area contributed by atoms with Gasteiger partial charge in [-0.2, -0.15) is 0 Å². The van der Waals surface area contributed by atoms with E-state index in [4.69, 9.17) is 11.6 Å². The van der Waals surface area contributed by atoms with Crippen molar-refractivity contribution in [3.05, 3.63) is 38.9 Å². The average Bonchev–Trinajstić information content (AvgIpc) is 2.38. The number of carbonyl (C=O) groups is 1. The Morgan fingerprint density at radius 3 is 2.45 bits per heavy atom. The molecule has 1 aromatic rings. The van der Waals surface area contributed by atoms with E-state index in [1.54, 1.807) is 0 Å². The summed E-state index contributed by atoms with van der Waals surface area (Å²) in [5, 5.41) is 10.7. The van der Waals surface area contributed by atoms with Gasteiger partial charge in [0.2, 0.25) is 0 Å². The molecule has 2 rings (SSSR count). The van der Waals surface area contributed by atoms with Crippen LogP contribution in [0.2, 0.25) is 5.02 Å².